The molecular formula is C13H14N4OS. The van der Waals surface area contributed by atoms with E-state index < -0.39 is 0 Å². The summed E-state index contributed by atoms with van der Waals surface area (Å²) in [5.41, 5.74) is 0.711. The van der Waals surface area contributed by atoms with Crippen molar-refractivity contribution in [2.75, 3.05) is 19.0 Å². The molecule has 98 valence electrons. The maximum absolute atomic E-state index is 8.88. The van der Waals surface area contributed by atoms with Gasteiger partial charge in [-0.3, -0.25) is 0 Å². The molecule has 1 N–H and O–H groups in total. The van der Waals surface area contributed by atoms with Crippen LogP contribution in [-0.4, -0.2) is 23.6 Å². The Kier molecular flexibility index (Phi) is 4.31. The molecule has 0 aliphatic rings. The standard InChI is InChI=1S/C13H14N4OS/c1-3-6-15-13-12(18-2)11(16-8-17-13)10-5-4-9(7-14)19-10/h4-5,8H,3,6H2,1-2H3,(H,15,16,17). The largest absolute Gasteiger partial charge is 0.491 e. The summed E-state index contributed by atoms with van der Waals surface area (Å²) in [5, 5.41) is 12.1. The molecule has 0 atom stereocenters. The van der Waals surface area contributed by atoms with Gasteiger partial charge < -0.3 is 10.1 Å². The van der Waals surface area contributed by atoms with Crippen LogP contribution in [0.15, 0.2) is 18.5 Å². The average molecular weight is 274 g/mol. The van der Waals surface area contributed by atoms with Crippen LogP contribution in [0.25, 0.3) is 10.6 Å². The van der Waals surface area contributed by atoms with Crippen LogP contribution in [-0.2, 0) is 0 Å². The van der Waals surface area contributed by atoms with E-state index in [4.69, 9.17) is 10.00 Å². The number of hydrogen-bond acceptors (Lipinski definition) is 6. The number of hydrogen-bond donors (Lipinski definition) is 1. The summed E-state index contributed by atoms with van der Waals surface area (Å²) in [6.07, 6.45) is 2.50. The lowest BCUT2D eigenvalue weighted by atomic mass is 10.3. The number of nitrogens with zero attached hydrogens (tertiary/aromatic N) is 3. The molecule has 2 aromatic rings. The molecule has 0 saturated heterocycles. The van der Waals surface area contributed by atoms with Gasteiger partial charge in [-0.2, -0.15) is 5.26 Å². The van der Waals surface area contributed by atoms with E-state index in [0.717, 1.165) is 17.8 Å². The van der Waals surface area contributed by atoms with Crippen molar-refractivity contribution >= 4 is 17.2 Å². The minimum Gasteiger partial charge on any atom is -0.491 e. The van der Waals surface area contributed by atoms with Gasteiger partial charge >= 0.3 is 0 Å². The molecule has 0 fully saturated rings. The third-order valence-corrected chi connectivity index (χ3v) is 3.50. The molecule has 2 heterocycles. The Morgan fingerprint density at radius 2 is 2.26 bits per heavy atom. The SMILES string of the molecule is CCCNc1ncnc(-c2ccc(C#N)s2)c1OC. The molecular weight excluding hydrogens is 260 g/mol. The number of rotatable bonds is 5. The summed E-state index contributed by atoms with van der Waals surface area (Å²) in [6, 6.07) is 5.77. The maximum Gasteiger partial charge on any atom is 0.188 e. The monoisotopic (exact) mass is 274 g/mol. The third kappa shape index (κ3) is 2.83. The van der Waals surface area contributed by atoms with E-state index in [2.05, 4.69) is 28.3 Å². The van der Waals surface area contributed by atoms with Crippen molar-refractivity contribution in [1.29, 1.82) is 5.26 Å². The Hall–Kier alpha value is -2.13. The lowest BCUT2D eigenvalue weighted by molar-refractivity contribution is 0.414. The zero-order valence-electron chi connectivity index (χ0n) is 10.8. The number of thiophene rings is 1. The summed E-state index contributed by atoms with van der Waals surface area (Å²) >= 11 is 1.39. The van der Waals surface area contributed by atoms with Gasteiger partial charge in [-0.15, -0.1) is 11.3 Å². The highest BCUT2D eigenvalue weighted by Gasteiger charge is 2.15. The lowest BCUT2D eigenvalue weighted by Crippen LogP contribution is -2.05. The van der Waals surface area contributed by atoms with Crippen molar-refractivity contribution in [3.05, 3.63) is 23.3 Å². The highest BCUT2D eigenvalue weighted by Crippen LogP contribution is 2.36. The van der Waals surface area contributed by atoms with Crippen LogP contribution in [0.5, 0.6) is 5.75 Å². The summed E-state index contributed by atoms with van der Waals surface area (Å²) in [5.74, 6) is 1.29. The number of aromatic nitrogens is 2. The Bertz CT molecular complexity index is 603. The summed E-state index contributed by atoms with van der Waals surface area (Å²) < 4.78 is 5.41. The molecule has 19 heavy (non-hydrogen) atoms. The van der Waals surface area contributed by atoms with Gasteiger partial charge in [0.05, 0.1) is 12.0 Å². The van der Waals surface area contributed by atoms with Crippen molar-refractivity contribution in [2.24, 2.45) is 0 Å². The van der Waals surface area contributed by atoms with Crippen LogP contribution in [0.3, 0.4) is 0 Å². The minimum atomic E-state index is 0.613. The van der Waals surface area contributed by atoms with E-state index in [1.54, 1.807) is 13.2 Å². The number of nitriles is 1. The average Bonchev–Trinajstić information content (AvgIpc) is 2.93. The van der Waals surface area contributed by atoms with Gasteiger partial charge in [0.25, 0.3) is 0 Å². The predicted molar refractivity (Wildman–Crippen MR) is 75.4 cm³/mol. The minimum absolute atomic E-state index is 0.613. The van der Waals surface area contributed by atoms with Crippen molar-refractivity contribution in [3.63, 3.8) is 0 Å². The van der Waals surface area contributed by atoms with E-state index >= 15 is 0 Å². The fraction of sp³-hybridized carbons (Fsp3) is 0.308. The molecule has 2 aromatic heterocycles. The molecule has 0 saturated carbocycles. The quantitative estimate of drug-likeness (QED) is 0.907. The van der Waals surface area contributed by atoms with Gasteiger partial charge in [0, 0.05) is 6.54 Å². The zero-order chi connectivity index (χ0) is 13.7. The first-order chi connectivity index (χ1) is 9.30. The van der Waals surface area contributed by atoms with Crippen molar-refractivity contribution in [1.82, 2.24) is 9.97 Å². The van der Waals surface area contributed by atoms with Crippen molar-refractivity contribution in [2.45, 2.75) is 13.3 Å². The molecule has 0 aliphatic carbocycles. The van der Waals surface area contributed by atoms with Gasteiger partial charge in [0.15, 0.2) is 11.6 Å². The first kappa shape index (κ1) is 13.3. The van der Waals surface area contributed by atoms with Crippen molar-refractivity contribution in [3.8, 4) is 22.4 Å². The van der Waals surface area contributed by atoms with Gasteiger partial charge in [-0.05, 0) is 18.6 Å². The molecule has 0 aromatic carbocycles. The van der Waals surface area contributed by atoms with E-state index in [1.807, 2.05) is 6.07 Å². The molecule has 0 aliphatic heterocycles. The summed E-state index contributed by atoms with van der Waals surface area (Å²) in [4.78, 5) is 10.0. The zero-order valence-corrected chi connectivity index (χ0v) is 11.6. The van der Waals surface area contributed by atoms with Crippen molar-refractivity contribution < 1.29 is 4.74 Å². The molecule has 0 amide bonds. The maximum atomic E-state index is 8.88. The second-order valence-electron chi connectivity index (χ2n) is 3.81. The fourth-order valence-corrected chi connectivity index (χ4v) is 2.43. The Labute approximate surface area is 115 Å². The Morgan fingerprint density at radius 3 is 2.89 bits per heavy atom. The van der Waals surface area contributed by atoms with Gasteiger partial charge in [0.1, 0.15) is 23.0 Å². The molecule has 5 nitrogen and oxygen atoms in total. The third-order valence-electron chi connectivity index (χ3n) is 2.50. The van der Waals surface area contributed by atoms with E-state index in [0.29, 0.717) is 22.1 Å². The Morgan fingerprint density at radius 1 is 1.42 bits per heavy atom. The Balaban J connectivity index is 2.42. The molecule has 0 bridgehead atoms. The second-order valence-corrected chi connectivity index (χ2v) is 4.89. The molecule has 0 radical (unpaired) electrons. The first-order valence-electron chi connectivity index (χ1n) is 5.93. The number of ether oxygens (including phenoxy) is 1. The highest BCUT2D eigenvalue weighted by molar-refractivity contribution is 7.16. The summed E-state index contributed by atoms with van der Waals surface area (Å²) in [7, 11) is 1.60. The number of methoxy groups -OCH3 is 1. The number of nitrogens with one attached hydrogen (secondary N) is 1. The lowest BCUT2D eigenvalue weighted by Gasteiger charge is -2.11. The topological polar surface area (TPSA) is 70.8 Å². The number of anilines is 1. The van der Waals surface area contributed by atoms with E-state index in [-0.39, 0.29) is 0 Å². The predicted octanol–water partition coefficient (Wildman–Crippen LogP) is 2.91. The van der Waals surface area contributed by atoms with Crippen LogP contribution in [0.2, 0.25) is 0 Å². The van der Waals surface area contributed by atoms with Crippen LogP contribution < -0.4 is 10.1 Å². The first-order valence-corrected chi connectivity index (χ1v) is 6.75. The van der Waals surface area contributed by atoms with Crippen LogP contribution in [0, 0.1) is 11.3 Å². The summed E-state index contributed by atoms with van der Waals surface area (Å²) in [6.45, 7) is 2.90. The van der Waals surface area contributed by atoms with Gasteiger partial charge in [-0.25, -0.2) is 9.97 Å². The molecule has 2 rings (SSSR count). The smallest absolute Gasteiger partial charge is 0.188 e. The molecule has 0 spiro atoms. The second kappa shape index (κ2) is 6.16. The van der Waals surface area contributed by atoms with Crippen LogP contribution >= 0.6 is 11.3 Å². The van der Waals surface area contributed by atoms with Crippen LogP contribution in [0.1, 0.15) is 18.2 Å². The van der Waals surface area contributed by atoms with Gasteiger partial charge in [-0.1, -0.05) is 6.92 Å². The van der Waals surface area contributed by atoms with Gasteiger partial charge in [0.2, 0.25) is 0 Å². The van der Waals surface area contributed by atoms with Crippen LogP contribution in [0.4, 0.5) is 5.82 Å². The highest BCUT2D eigenvalue weighted by atomic mass is 32.1. The van der Waals surface area contributed by atoms with E-state index in [9.17, 15) is 0 Å². The fourth-order valence-electron chi connectivity index (χ4n) is 1.64. The molecule has 0 unspecified atom stereocenters. The normalized spacial score (nSPS) is 9.95. The molecule has 6 heteroatoms. The van der Waals surface area contributed by atoms with E-state index in [1.165, 1.54) is 17.7 Å².